The Kier molecular flexibility index (Phi) is 3.59. The van der Waals surface area contributed by atoms with Crippen LogP contribution in [-0.4, -0.2) is 13.4 Å². The lowest BCUT2D eigenvalue weighted by molar-refractivity contribution is 0.600. The van der Waals surface area contributed by atoms with E-state index in [-0.39, 0.29) is 10.7 Å². The van der Waals surface area contributed by atoms with E-state index in [2.05, 4.69) is 9.71 Å². The first-order valence-electron chi connectivity index (χ1n) is 5.05. The van der Waals surface area contributed by atoms with E-state index in [0.29, 0.717) is 0 Å². The summed E-state index contributed by atoms with van der Waals surface area (Å²) in [4.78, 5) is 13.5. The Morgan fingerprint density at radius 2 is 2.00 bits per heavy atom. The summed E-state index contributed by atoms with van der Waals surface area (Å²) >= 11 is 5.54. The minimum Gasteiger partial charge on any atom is -0.366 e. The molecule has 0 saturated carbocycles. The van der Waals surface area contributed by atoms with E-state index in [1.165, 1.54) is 12.3 Å². The Labute approximate surface area is 113 Å². The van der Waals surface area contributed by atoms with Crippen molar-refractivity contribution in [3.05, 3.63) is 57.7 Å². The van der Waals surface area contributed by atoms with Gasteiger partial charge in [0.2, 0.25) is 5.43 Å². The number of benzene rings is 1. The van der Waals surface area contributed by atoms with Gasteiger partial charge in [-0.3, -0.25) is 9.52 Å². The number of anilines is 1. The molecule has 0 unspecified atom stereocenters. The number of hydrogen-bond donors (Lipinski definition) is 2. The lowest BCUT2D eigenvalue weighted by atomic mass is 10.3. The maximum atomic E-state index is 13.0. The predicted molar refractivity (Wildman–Crippen MR) is 69.3 cm³/mol. The highest BCUT2D eigenvalue weighted by Crippen LogP contribution is 2.21. The van der Waals surface area contributed by atoms with Crippen molar-refractivity contribution in [3.8, 4) is 0 Å². The highest BCUT2D eigenvalue weighted by atomic mass is 35.5. The first kappa shape index (κ1) is 13.6. The van der Waals surface area contributed by atoms with Crippen molar-refractivity contribution >= 4 is 27.3 Å². The molecule has 0 saturated heterocycles. The third-order valence-corrected chi connectivity index (χ3v) is 3.94. The second kappa shape index (κ2) is 5.02. The van der Waals surface area contributed by atoms with Gasteiger partial charge in [0, 0.05) is 18.5 Å². The largest absolute Gasteiger partial charge is 0.366 e. The maximum absolute atomic E-state index is 13.0. The van der Waals surface area contributed by atoms with Crippen molar-refractivity contribution in [2.75, 3.05) is 4.72 Å². The van der Waals surface area contributed by atoms with Gasteiger partial charge in [-0.15, -0.1) is 0 Å². The van der Waals surface area contributed by atoms with Gasteiger partial charge >= 0.3 is 0 Å². The summed E-state index contributed by atoms with van der Waals surface area (Å²) in [5.74, 6) is -0.665. The monoisotopic (exact) mass is 302 g/mol. The fraction of sp³-hybridized carbons (Fsp3) is 0. The van der Waals surface area contributed by atoms with Crippen molar-refractivity contribution < 1.29 is 12.8 Å². The standard InChI is InChI=1S/C11H8ClFN2O3S/c12-8-5-7(1-2-9(8)13)15-19(17,18)11-6-14-4-3-10(11)16/h1-6,15H,(H,14,16). The van der Waals surface area contributed by atoms with E-state index >= 15 is 0 Å². The molecule has 0 aliphatic heterocycles. The van der Waals surface area contributed by atoms with Gasteiger partial charge in [0.15, 0.2) is 4.90 Å². The van der Waals surface area contributed by atoms with E-state index in [1.54, 1.807) is 0 Å². The van der Waals surface area contributed by atoms with Crippen LogP contribution in [0.4, 0.5) is 10.1 Å². The number of hydrogen-bond acceptors (Lipinski definition) is 3. The molecule has 0 amide bonds. The molecule has 2 N–H and O–H groups in total. The highest BCUT2D eigenvalue weighted by Gasteiger charge is 2.18. The van der Waals surface area contributed by atoms with Crippen molar-refractivity contribution in [2.45, 2.75) is 4.90 Å². The molecule has 0 atom stereocenters. The molecular weight excluding hydrogens is 295 g/mol. The summed E-state index contributed by atoms with van der Waals surface area (Å²) in [7, 11) is -4.05. The molecule has 0 fully saturated rings. The molecule has 0 aliphatic rings. The fourth-order valence-corrected chi connectivity index (χ4v) is 2.66. The number of H-pyrrole nitrogens is 1. The molecule has 100 valence electrons. The lowest BCUT2D eigenvalue weighted by Gasteiger charge is -2.07. The molecule has 1 heterocycles. The molecular formula is C11H8ClFN2O3S. The van der Waals surface area contributed by atoms with Gasteiger partial charge in [0.05, 0.1) is 10.7 Å². The van der Waals surface area contributed by atoms with Gasteiger partial charge in [-0.2, -0.15) is 0 Å². The van der Waals surface area contributed by atoms with E-state index in [0.717, 1.165) is 24.4 Å². The van der Waals surface area contributed by atoms with Crippen LogP contribution in [0.5, 0.6) is 0 Å². The van der Waals surface area contributed by atoms with Crippen molar-refractivity contribution in [1.82, 2.24) is 4.98 Å². The number of aromatic amines is 1. The summed E-state index contributed by atoms with van der Waals surface area (Å²) < 4.78 is 39.0. The Hall–Kier alpha value is -1.86. The smallest absolute Gasteiger partial charge is 0.267 e. The van der Waals surface area contributed by atoms with Crippen molar-refractivity contribution in [1.29, 1.82) is 0 Å². The minimum absolute atomic E-state index is 0.0645. The number of sulfonamides is 1. The zero-order chi connectivity index (χ0) is 14.0. The third kappa shape index (κ3) is 2.94. The van der Waals surface area contributed by atoms with Crippen LogP contribution in [0.15, 0.2) is 46.3 Å². The van der Waals surface area contributed by atoms with E-state index in [1.807, 2.05) is 0 Å². The molecule has 2 aromatic rings. The van der Waals surface area contributed by atoms with E-state index in [9.17, 15) is 17.6 Å². The first-order valence-corrected chi connectivity index (χ1v) is 6.91. The van der Waals surface area contributed by atoms with Gasteiger partial charge < -0.3 is 4.98 Å². The zero-order valence-electron chi connectivity index (χ0n) is 9.35. The van der Waals surface area contributed by atoms with E-state index in [4.69, 9.17) is 11.6 Å². The molecule has 8 heteroatoms. The van der Waals surface area contributed by atoms with Gasteiger partial charge in [0.25, 0.3) is 10.0 Å². The van der Waals surface area contributed by atoms with Crippen molar-refractivity contribution in [3.63, 3.8) is 0 Å². The van der Waals surface area contributed by atoms with Gasteiger partial charge in [-0.1, -0.05) is 11.6 Å². The molecule has 1 aromatic heterocycles. The van der Waals surface area contributed by atoms with Gasteiger partial charge in [0.1, 0.15) is 5.82 Å². The molecule has 0 bridgehead atoms. The Morgan fingerprint density at radius 1 is 1.26 bits per heavy atom. The number of pyridine rings is 1. The van der Waals surface area contributed by atoms with Gasteiger partial charge in [-0.25, -0.2) is 12.8 Å². The summed E-state index contributed by atoms with van der Waals surface area (Å²) in [5.41, 5.74) is -0.589. The molecule has 19 heavy (non-hydrogen) atoms. The van der Waals surface area contributed by atoms with Crippen LogP contribution in [0.25, 0.3) is 0 Å². The molecule has 5 nitrogen and oxygen atoms in total. The van der Waals surface area contributed by atoms with Crippen LogP contribution in [-0.2, 0) is 10.0 Å². The molecule has 0 radical (unpaired) electrons. The Balaban J connectivity index is 2.40. The van der Waals surface area contributed by atoms with Crippen molar-refractivity contribution in [2.24, 2.45) is 0 Å². The summed E-state index contributed by atoms with van der Waals surface area (Å²) in [6, 6.07) is 4.43. The normalized spacial score (nSPS) is 11.3. The van der Waals surface area contributed by atoms with Gasteiger partial charge in [-0.05, 0) is 18.2 Å². The first-order chi connectivity index (χ1) is 8.90. The SMILES string of the molecule is O=c1cc[nH]cc1S(=O)(=O)Nc1ccc(F)c(Cl)c1. The van der Waals surface area contributed by atoms with Crippen LogP contribution in [0.3, 0.4) is 0 Å². The van der Waals surface area contributed by atoms with E-state index < -0.39 is 26.2 Å². The average molecular weight is 303 g/mol. The van der Waals surface area contributed by atoms with Crippen LogP contribution in [0, 0.1) is 5.82 Å². The van der Waals surface area contributed by atoms with Crippen LogP contribution < -0.4 is 10.2 Å². The lowest BCUT2D eigenvalue weighted by Crippen LogP contribution is -2.20. The highest BCUT2D eigenvalue weighted by molar-refractivity contribution is 7.92. The predicted octanol–water partition coefficient (Wildman–Crippen LogP) is 1.97. The van der Waals surface area contributed by atoms with Crippen LogP contribution in [0.2, 0.25) is 5.02 Å². The second-order valence-electron chi connectivity index (χ2n) is 3.61. The summed E-state index contributed by atoms with van der Waals surface area (Å²) in [6.07, 6.45) is 2.38. The molecule has 0 aliphatic carbocycles. The Morgan fingerprint density at radius 3 is 2.63 bits per heavy atom. The fourth-order valence-electron chi connectivity index (χ4n) is 1.38. The average Bonchev–Trinajstić information content (AvgIpc) is 2.34. The number of aromatic nitrogens is 1. The second-order valence-corrected chi connectivity index (χ2v) is 5.67. The summed E-state index contributed by atoms with van der Waals surface area (Å²) in [6.45, 7) is 0. The molecule has 1 aromatic carbocycles. The topological polar surface area (TPSA) is 79.0 Å². The minimum atomic E-state index is -4.05. The number of nitrogens with one attached hydrogen (secondary N) is 2. The summed E-state index contributed by atoms with van der Waals surface area (Å²) in [5, 5.41) is -0.220. The molecule has 0 spiro atoms. The Bertz CT molecular complexity index is 774. The quantitative estimate of drug-likeness (QED) is 0.910. The number of halogens is 2. The van der Waals surface area contributed by atoms with Crippen LogP contribution >= 0.6 is 11.6 Å². The number of rotatable bonds is 3. The maximum Gasteiger partial charge on any atom is 0.267 e. The molecule has 2 rings (SSSR count). The zero-order valence-corrected chi connectivity index (χ0v) is 10.9. The van der Waals surface area contributed by atoms with Crippen LogP contribution in [0.1, 0.15) is 0 Å². The third-order valence-electron chi connectivity index (χ3n) is 2.25.